The Morgan fingerprint density at radius 3 is 2.18 bits per heavy atom. The van der Waals surface area contributed by atoms with Crippen LogP contribution in [0.25, 0.3) is 0 Å². The zero-order valence-corrected chi connectivity index (χ0v) is 12.4. The predicted octanol–water partition coefficient (Wildman–Crippen LogP) is 2.66. The van der Waals surface area contributed by atoms with E-state index in [9.17, 15) is 4.79 Å². The van der Waals surface area contributed by atoms with E-state index >= 15 is 0 Å². The quantitative estimate of drug-likeness (QED) is 0.709. The summed E-state index contributed by atoms with van der Waals surface area (Å²) in [5.74, 6) is 0.740. The van der Waals surface area contributed by atoms with Gasteiger partial charge >= 0.3 is 0 Å². The van der Waals surface area contributed by atoms with Crippen LogP contribution in [-0.2, 0) is 4.79 Å². The fourth-order valence-corrected chi connectivity index (χ4v) is 2.06. The van der Waals surface area contributed by atoms with E-state index in [1.165, 1.54) is 0 Å². The van der Waals surface area contributed by atoms with Crippen molar-refractivity contribution in [3.05, 3.63) is 0 Å². The Balaban J connectivity index is 4.51. The lowest BCUT2D eigenvalue weighted by molar-refractivity contribution is -0.131. The van der Waals surface area contributed by atoms with Crippen LogP contribution in [0.15, 0.2) is 0 Å². The largest absolute Gasteiger partial charge is 0.347 e. The van der Waals surface area contributed by atoms with Gasteiger partial charge < -0.3 is 10.2 Å². The highest BCUT2D eigenvalue weighted by atomic mass is 16.2. The van der Waals surface area contributed by atoms with Gasteiger partial charge in [-0.2, -0.15) is 0 Å². The lowest BCUT2D eigenvalue weighted by atomic mass is 10.00. The highest BCUT2D eigenvalue weighted by Gasteiger charge is 2.23. The molecule has 0 aliphatic carbocycles. The summed E-state index contributed by atoms with van der Waals surface area (Å²) >= 11 is 0. The topological polar surface area (TPSA) is 32.3 Å². The van der Waals surface area contributed by atoms with Gasteiger partial charge in [0.05, 0.1) is 6.04 Å². The number of hydrogen-bond acceptors (Lipinski definition) is 2. The van der Waals surface area contributed by atoms with E-state index in [4.69, 9.17) is 0 Å². The highest BCUT2D eigenvalue weighted by molar-refractivity contribution is 5.81. The van der Waals surface area contributed by atoms with Gasteiger partial charge in [-0.3, -0.25) is 4.79 Å². The lowest BCUT2D eigenvalue weighted by Gasteiger charge is -2.27. The maximum absolute atomic E-state index is 12.1. The standard InChI is InChI=1S/C14H30N2O/c1-7-9-12(8-2)15-13(10-11(3)4)14(17)16(5)6/h11-13,15H,7-10H2,1-6H3. The molecule has 1 N–H and O–H groups in total. The summed E-state index contributed by atoms with van der Waals surface area (Å²) in [6.07, 6.45) is 4.31. The number of amides is 1. The van der Waals surface area contributed by atoms with Gasteiger partial charge in [0.1, 0.15) is 0 Å². The van der Waals surface area contributed by atoms with Crippen molar-refractivity contribution in [3.63, 3.8) is 0 Å². The minimum atomic E-state index is -0.0264. The van der Waals surface area contributed by atoms with E-state index in [1.807, 2.05) is 14.1 Å². The maximum Gasteiger partial charge on any atom is 0.239 e. The molecular formula is C14H30N2O. The SMILES string of the molecule is CCCC(CC)NC(CC(C)C)C(=O)N(C)C. The molecule has 0 fully saturated rings. The molecule has 0 rings (SSSR count). The van der Waals surface area contributed by atoms with Crippen LogP contribution < -0.4 is 5.32 Å². The van der Waals surface area contributed by atoms with Crippen molar-refractivity contribution in [2.75, 3.05) is 14.1 Å². The Morgan fingerprint density at radius 1 is 1.24 bits per heavy atom. The minimum Gasteiger partial charge on any atom is -0.347 e. The molecule has 3 nitrogen and oxygen atoms in total. The molecule has 102 valence electrons. The predicted molar refractivity (Wildman–Crippen MR) is 74.1 cm³/mol. The fourth-order valence-electron chi connectivity index (χ4n) is 2.06. The van der Waals surface area contributed by atoms with Gasteiger partial charge in [0.15, 0.2) is 0 Å². The van der Waals surface area contributed by atoms with E-state index in [1.54, 1.807) is 4.90 Å². The Bertz CT molecular complexity index is 214. The van der Waals surface area contributed by atoms with Crippen LogP contribution in [0.2, 0.25) is 0 Å². The van der Waals surface area contributed by atoms with E-state index in [0.29, 0.717) is 12.0 Å². The molecule has 0 aromatic rings. The first-order chi connectivity index (χ1) is 7.92. The van der Waals surface area contributed by atoms with Gasteiger partial charge in [0.25, 0.3) is 0 Å². The molecule has 0 spiro atoms. The second-order valence-corrected chi connectivity index (χ2v) is 5.48. The summed E-state index contributed by atoms with van der Waals surface area (Å²) in [5, 5.41) is 3.53. The fraction of sp³-hybridized carbons (Fsp3) is 0.929. The smallest absolute Gasteiger partial charge is 0.239 e. The molecule has 0 bridgehead atoms. The van der Waals surface area contributed by atoms with Gasteiger partial charge in [-0.1, -0.05) is 34.1 Å². The average Bonchev–Trinajstić information content (AvgIpc) is 2.25. The first-order valence-corrected chi connectivity index (χ1v) is 6.89. The summed E-state index contributed by atoms with van der Waals surface area (Å²) < 4.78 is 0. The zero-order chi connectivity index (χ0) is 13.4. The summed E-state index contributed by atoms with van der Waals surface area (Å²) in [4.78, 5) is 13.8. The number of nitrogens with zero attached hydrogens (tertiary/aromatic N) is 1. The number of hydrogen-bond donors (Lipinski definition) is 1. The summed E-state index contributed by atoms with van der Waals surface area (Å²) in [7, 11) is 3.66. The Hall–Kier alpha value is -0.570. The van der Waals surface area contributed by atoms with Crippen LogP contribution in [0.1, 0.15) is 53.4 Å². The van der Waals surface area contributed by atoms with Gasteiger partial charge in [0.2, 0.25) is 5.91 Å². The molecule has 0 radical (unpaired) electrons. The molecule has 2 atom stereocenters. The monoisotopic (exact) mass is 242 g/mol. The van der Waals surface area contributed by atoms with E-state index in [-0.39, 0.29) is 11.9 Å². The number of nitrogens with one attached hydrogen (secondary N) is 1. The number of carbonyl (C=O) groups is 1. The first kappa shape index (κ1) is 16.4. The van der Waals surface area contributed by atoms with Crippen LogP contribution in [-0.4, -0.2) is 37.0 Å². The van der Waals surface area contributed by atoms with Crippen LogP contribution in [0.5, 0.6) is 0 Å². The van der Waals surface area contributed by atoms with Crippen LogP contribution in [0, 0.1) is 5.92 Å². The van der Waals surface area contributed by atoms with Gasteiger partial charge in [-0.15, -0.1) is 0 Å². The molecule has 2 unspecified atom stereocenters. The van der Waals surface area contributed by atoms with Crippen molar-refractivity contribution in [1.82, 2.24) is 10.2 Å². The molecule has 0 aliphatic rings. The molecule has 0 aromatic carbocycles. The second-order valence-electron chi connectivity index (χ2n) is 5.48. The third-order valence-corrected chi connectivity index (χ3v) is 3.01. The number of likely N-dealkylation sites (N-methyl/N-ethyl adjacent to an activating group) is 1. The highest BCUT2D eigenvalue weighted by Crippen LogP contribution is 2.10. The molecule has 0 aromatic heterocycles. The normalized spacial score (nSPS) is 14.8. The number of rotatable bonds is 8. The molecule has 1 amide bonds. The second kappa shape index (κ2) is 8.51. The first-order valence-electron chi connectivity index (χ1n) is 6.89. The Kier molecular flexibility index (Phi) is 8.23. The molecule has 3 heteroatoms. The zero-order valence-electron chi connectivity index (χ0n) is 12.4. The molecule has 17 heavy (non-hydrogen) atoms. The molecule has 0 saturated carbocycles. The van der Waals surface area contributed by atoms with E-state index in [2.05, 4.69) is 33.0 Å². The van der Waals surface area contributed by atoms with Crippen LogP contribution >= 0.6 is 0 Å². The van der Waals surface area contributed by atoms with Crippen molar-refractivity contribution < 1.29 is 4.79 Å². The lowest BCUT2D eigenvalue weighted by Crippen LogP contribution is -2.48. The third-order valence-electron chi connectivity index (χ3n) is 3.01. The minimum absolute atomic E-state index is 0.0264. The van der Waals surface area contributed by atoms with Crippen molar-refractivity contribution in [2.24, 2.45) is 5.92 Å². The summed E-state index contributed by atoms with van der Waals surface area (Å²) in [5.41, 5.74) is 0. The third kappa shape index (κ3) is 6.67. The van der Waals surface area contributed by atoms with Gasteiger partial charge in [-0.05, 0) is 25.2 Å². The van der Waals surface area contributed by atoms with Crippen LogP contribution in [0.3, 0.4) is 0 Å². The molecule has 0 saturated heterocycles. The summed E-state index contributed by atoms with van der Waals surface area (Å²) in [6.45, 7) is 8.70. The van der Waals surface area contributed by atoms with Crippen molar-refractivity contribution in [3.8, 4) is 0 Å². The van der Waals surface area contributed by atoms with E-state index < -0.39 is 0 Å². The Labute approximate surface area is 107 Å². The number of carbonyl (C=O) groups excluding carboxylic acids is 1. The summed E-state index contributed by atoms with van der Waals surface area (Å²) in [6, 6.07) is 0.439. The average molecular weight is 242 g/mol. The van der Waals surface area contributed by atoms with E-state index in [0.717, 1.165) is 25.7 Å². The molecule has 0 aliphatic heterocycles. The van der Waals surface area contributed by atoms with Gasteiger partial charge in [0, 0.05) is 20.1 Å². The maximum atomic E-state index is 12.1. The molecular weight excluding hydrogens is 212 g/mol. The van der Waals surface area contributed by atoms with Crippen molar-refractivity contribution >= 4 is 5.91 Å². The Morgan fingerprint density at radius 2 is 1.82 bits per heavy atom. The van der Waals surface area contributed by atoms with Crippen molar-refractivity contribution in [2.45, 2.75) is 65.5 Å². The van der Waals surface area contributed by atoms with Crippen LogP contribution in [0.4, 0.5) is 0 Å². The molecule has 0 heterocycles. The van der Waals surface area contributed by atoms with Crippen molar-refractivity contribution in [1.29, 1.82) is 0 Å². The van der Waals surface area contributed by atoms with Gasteiger partial charge in [-0.25, -0.2) is 0 Å².